The number of carbonyl (C=O) groups is 1. The molecule has 0 spiro atoms. The van der Waals surface area contributed by atoms with E-state index in [0.717, 1.165) is 0 Å². The van der Waals surface area contributed by atoms with Crippen molar-refractivity contribution in [3.05, 3.63) is 28.0 Å². The second-order valence-electron chi connectivity index (χ2n) is 3.03. The highest BCUT2D eigenvalue weighted by Gasteiger charge is 1.98. The van der Waals surface area contributed by atoms with Gasteiger partial charge in [-0.2, -0.15) is 0 Å². The van der Waals surface area contributed by atoms with E-state index in [1.807, 2.05) is 0 Å². The van der Waals surface area contributed by atoms with Gasteiger partial charge in [-0.3, -0.25) is 4.79 Å². The Kier molecular flexibility index (Phi) is 5.10. The van der Waals surface area contributed by atoms with Crippen LogP contribution in [0.25, 0.3) is 0 Å². The van der Waals surface area contributed by atoms with Crippen LogP contribution < -0.4 is 5.32 Å². The molecule has 0 saturated carbocycles. The smallest absolute Gasteiger partial charge is 0.216 e. The van der Waals surface area contributed by atoms with Crippen LogP contribution in [-0.4, -0.2) is 17.4 Å². The highest BCUT2D eigenvalue weighted by atomic mass is 35.5. The first kappa shape index (κ1) is 12.8. The van der Waals surface area contributed by atoms with Crippen LogP contribution in [0.5, 0.6) is 0 Å². The summed E-state index contributed by atoms with van der Waals surface area (Å²) in [4.78, 5) is 14.4. The van der Waals surface area contributed by atoms with Gasteiger partial charge in [0.05, 0.1) is 10.6 Å². The molecule has 1 rings (SSSR count). The van der Waals surface area contributed by atoms with Crippen molar-refractivity contribution in [1.82, 2.24) is 10.3 Å². The second-order valence-corrected chi connectivity index (χ2v) is 3.82. The molecule has 1 aromatic heterocycles. The van der Waals surface area contributed by atoms with Crippen LogP contribution in [-0.2, 0) is 4.79 Å². The number of pyridine rings is 1. The highest BCUT2D eigenvalue weighted by Crippen LogP contribution is 2.16. The van der Waals surface area contributed by atoms with Crippen LogP contribution in [0.1, 0.15) is 18.9 Å². The third-order valence-electron chi connectivity index (χ3n) is 1.65. The largest absolute Gasteiger partial charge is 0.355 e. The molecule has 5 heteroatoms. The van der Waals surface area contributed by atoms with Gasteiger partial charge in [-0.25, -0.2) is 4.98 Å². The Morgan fingerprint density at radius 1 is 1.56 bits per heavy atom. The van der Waals surface area contributed by atoms with Gasteiger partial charge in [-0.1, -0.05) is 35.0 Å². The minimum absolute atomic E-state index is 0.0655. The summed E-state index contributed by atoms with van der Waals surface area (Å²) in [5.41, 5.74) is 0.594. The van der Waals surface area contributed by atoms with Crippen molar-refractivity contribution in [2.24, 2.45) is 0 Å². The predicted octanol–water partition coefficient (Wildman–Crippen LogP) is 2.27. The number of carbonyl (C=O) groups excluding carboxylic acids is 1. The molecule has 1 heterocycles. The standard InChI is InChI=1S/C11H10Cl2N2O/c1-8(16)14-5-3-2-4-9-6-10(12)7-15-11(9)13/h6-7H,3,5H2,1H3,(H,14,16). The van der Waals surface area contributed by atoms with E-state index < -0.39 is 0 Å². The number of rotatable bonds is 2. The molecule has 1 aromatic rings. The van der Waals surface area contributed by atoms with E-state index in [4.69, 9.17) is 23.2 Å². The van der Waals surface area contributed by atoms with E-state index in [1.54, 1.807) is 6.07 Å². The zero-order chi connectivity index (χ0) is 12.0. The SMILES string of the molecule is CC(=O)NCCC#Cc1cc(Cl)cnc1Cl. The summed E-state index contributed by atoms with van der Waals surface area (Å²) in [5.74, 6) is 5.66. The summed E-state index contributed by atoms with van der Waals surface area (Å²) >= 11 is 11.6. The molecule has 0 aliphatic carbocycles. The fraction of sp³-hybridized carbons (Fsp3) is 0.273. The summed E-state index contributed by atoms with van der Waals surface area (Å²) in [6.45, 7) is 1.99. The molecule has 1 N–H and O–H groups in total. The number of halogens is 2. The molecule has 84 valence electrons. The zero-order valence-electron chi connectivity index (χ0n) is 8.68. The Labute approximate surface area is 104 Å². The van der Waals surface area contributed by atoms with Gasteiger partial charge in [0, 0.05) is 26.1 Å². The number of aromatic nitrogens is 1. The van der Waals surface area contributed by atoms with Crippen molar-refractivity contribution < 1.29 is 4.79 Å². The number of hydrogen-bond donors (Lipinski definition) is 1. The number of nitrogens with one attached hydrogen (secondary N) is 1. The van der Waals surface area contributed by atoms with Crippen LogP contribution >= 0.6 is 23.2 Å². The van der Waals surface area contributed by atoms with E-state index in [9.17, 15) is 4.79 Å². The Hall–Kier alpha value is -1.24. The fourth-order valence-corrected chi connectivity index (χ4v) is 1.28. The van der Waals surface area contributed by atoms with Crippen LogP contribution in [0.4, 0.5) is 0 Å². The molecular formula is C11H10Cl2N2O. The summed E-state index contributed by atoms with van der Waals surface area (Å²) in [6.07, 6.45) is 2.02. The Bertz CT molecular complexity index is 449. The Morgan fingerprint density at radius 3 is 3.00 bits per heavy atom. The lowest BCUT2D eigenvalue weighted by Gasteiger charge is -1.96. The Morgan fingerprint density at radius 2 is 2.31 bits per heavy atom. The molecule has 3 nitrogen and oxygen atoms in total. The van der Waals surface area contributed by atoms with Gasteiger partial charge in [-0.15, -0.1) is 0 Å². The summed E-state index contributed by atoms with van der Waals surface area (Å²) in [7, 11) is 0. The lowest BCUT2D eigenvalue weighted by Crippen LogP contribution is -2.20. The third kappa shape index (κ3) is 4.52. The molecule has 0 bridgehead atoms. The van der Waals surface area contributed by atoms with Crippen molar-refractivity contribution in [1.29, 1.82) is 0 Å². The molecule has 0 aromatic carbocycles. The van der Waals surface area contributed by atoms with Gasteiger partial charge in [0.15, 0.2) is 0 Å². The van der Waals surface area contributed by atoms with Gasteiger partial charge in [0.25, 0.3) is 0 Å². The number of hydrogen-bond acceptors (Lipinski definition) is 2. The average molecular weight is 257 g/mol. The minimum Gasteiger partial charge on any atom is -0.355 e. The first-order valence-electron chi connectivity index (χ1n) is 4.64. The van der Waals surface area contributed by atoms with E-state index in [2.05, 4.69) is 22.1 Å². The number of nitrogens with zero attached hydrogens (tertiary/aromatic N) is 1. The van der Waals surface area contributed by atoms with Crippen molar-refractivity contribution in [3.8, 4) is 11.8 Å². The van der Waals surface area contributed by atoms with Gasteiger partial charge in [0.1, 0.15) is 5.15 Å². The first-order valence-corrected chi connectivity index (χ1v) is 5.39. The van der Waals surface area contributed by atoms with Crippen LogP contribution in [0, 0.1) is 11.8 Å². The number of amides is 1. The second kappa shape index (κ2) is 6.37. The monoisotopic (exact) mass is 256 g/mol. The molecule has 16 heavy (non-hydrogen) atoms. The first-order chi connectivity index (χ1) is 7.59. The zero-order valence-corrected chi connectivity index (χ0v) is 10.2. The van der Waals surface area contributed by atoms with Gasteiger partial charge >= 0.3 is 0 Å². The van der Waals surface area contributed by atoms with Crippen LogP contribution in [0.15, 0.2) is 12.3 Å². The van der Waals surface area contributed by atoms with E-state index in [0.29, 0.717) is 28.7 Å². The lowest BCUT2D eigenvalue weighted by atomic mass is 10.3. The fourth-order valence-electron chi connectivity index (χ4n) is 0.969. The minimum atomic E-state index is -0.0655. The van der Waals surface area contributed by atoms with Crippen molar-refractivity contribution in [2.45, 2.75) is 13.3 Å². The molecule has 0 saturated heterocycles. The van der Waals surface area contributed by atoms with Gasteiger partial charge < -0.3 is 5.32 Å². The van der Waals surface area contributed by atoms with Gasteiger partial charge in [0.2, 0.25) is 5.91 Å². The van der Waals surface area contributed by atoms with Crippen molar-refractivity contribution in [3.63, 3.8) is 0 Å². The molecule has 0 atom stereocenters. The normalized spacial score (nSPS) is 9.19. The molecule has 0 aliphatic heterocycles. The van der Waals surface area contributed by atoms with Crippen LogP contribution in [0.3, 0.4) is 0 Å². The highest BCUT2D eigenvalue weighted by molar-refractivity contribution is 6.32. The van der Waals surface area contributed by atoms with Crippen molar-refractivity contribution in [2.75, 3.05) is 6.54 Å². The van der Waals surface area contributed by atoms with E-state index in [1.165, 1.54) is 13.1 Å². The maximum Gasteiger partial charge on any atom is 0.216 e. The third-order valence-corrected chi connectivity index (χ3v) is 2.16. The predicted molar refractivity (Wildman–Crippen MR) is 64.4 cm³/mol. The molecule has 1 amide bonds. The van der Waals surface area contributed by atoms with Gasteiger partial charge in [-0.05, 0) is 6.07 Å². The molecule has 0 radical (unpaired) electrons. The topological polar surface area (TPSA) is 42.0 Å². The lowest BCUT2D eigenvalue weighted by molar-refractivity contribution is -0.118. The molecular weight excluding hydrogens is 247 g/mol. The summed E-state index contributed by atoms with van der Waals surface area (Å²) in [6, 6.07) is 1.66. The summed E-state index contributed by atoms with van der Waals surface area (Å²) in [5, 5.41) is 3.47. The maximum absolute atomic E-state index is 10.6. The summed E-state index contributed by atoms with van der Waals surface area (Å²) < 4.78 is 0. The van der Waals surface area contributed by atoms with E-state index >= 15 is 0 Å². The Balaban J connectivity index is 2.56. The maximum atomic E-state index is 10.6. The molecule has 0 fully saturated rings. The van der Waals surface area contributed by atoms with Crippen molar-refractivity contribution >= 4 is 29.1 Å². The molecule has 0 aliphatic rings. The van der Waals surface area contributed by atoms with Crippen LogP contribution in [0.2, 0.25) is 10.2 Å². The molecule has 0 unspecified atom stereocenters. The van der Waals surface area contributed by atoms with E-state index in [-0.39, 0.29) is 5.91 Å². The quantitative estimate of drug-likeness (QED) is 0.501. The average Bonchev–Trinajstić information content (AvgIpc) is 2.22.